The fourth-order valence-corrected chi connectivity index (χ4v) is 3.33. The fraction of sp³-hybridized carbons (Fsp3) is 0.273. The van der Waals surface area contributed by atoms with Crippen molar-refractivity contribution in [2.75, 3.05) is 20.2 Å². The van der Waals surface area contributed by atoms with Crippen molar-refractivity contribution in [1.29, 1.82) is 0 Å². The lowest BCUT2D eigenvalue weighted by Gasteiger charge is -2.31. The Balaban J connectivity index is 1.92. The molecule has 0 saturated heterocycles. The molecule has 3 rings (SSSR count). The highest BCUT2D eigenvalue weighted by molar-refractivity contribution is 5.95. The highest BCUT2D eigenvalue weighted by atomic mass is 19.1. The lowest BCUT2D eigenvalue weighted by atomic mass is 9.95. The number of esters is 1. The molecule has 1 aliphatic rings. The molecule has 29 heavy (non-hydrogen) atoms. The third-order valence-corrected chi connectivity index (χ3v) is 4.61. The number of nitrogens with zero attached hydrogens (tertiary/aromatic N) is 1. The topological polar surface area (TPSA) is 70.7 Å². The summed E-state index contributed by atoms with van der Waals surface area (Å²) in [4.78, 5) is 26.9. The zero-order chi connectivity index (χ0) is 20.8. The Morgan fingerprint density at radius 1 is 1.10 bits per heavy atom. The zero-order valence-corrected chi connectivity index (χ0v) is 16.4. The maximum absolute atomic E-state index is 14.0. The van der Waals surface area contributed by atoms with Crippen LogP contribution in [-0.2, 0) is 16.1 Å². The van der Waals surface area contributed by atoms with Crippen LogP contribution in [0.1, 0.15) is 24.1 Å². The highest BCUT2D eigenvalue weighted by Crippen LogP contribution is 2.28. The minimum Gasteiger partial charge on any atom is -0.463 e. The number of likely N-dealkylation sites (N-methyl/N-ethyl adjacent to an activating group) is 1. The molecule has 2 N–H and O–H groups in total. The van der Waals surface area contributed by atoms with E-state index >= 15 is 0 Å². The second-order valence-corrected chi connectivity index (χ2v) is 6.82. The molecule has 6 nitrogen and oxygen atoms in total. The smallest absolute Gasteiger partial charge is 0.338 e. The van der Waals surface area contributed by atoms with Crippen molar-refractivity contribution in [2.24, 2.45) is 0 Å². The predicted octanol–water partition coefficient (Wildman–Crippen LogP) is 3.13. The third-order valence-electron chi connectivity index (χ3n) is 4.61. The van der Waals surface area contributed by atoms with E-state index in [0.29, 0.717) is 23.4 Å². The number of hydrogen-bond donors (Lipinski definition) is 2. The van der Waals surface area contributed by atoms with E-state index in [-0.39, 0.29) is 19.0 Å². The minimum atomic E-state index is -0.624. The summed E-state index contributed by atoms with van der Waals surface area (Å²) in [5.74, 6) is -0.793. The molecule has 1 atom stereocenters. The van der Waals surface area contributed by atoms with Crippen LogP contribution in [0.4, 0.5) is 9.18 Å². The van der Waals surface area contributed by atoms with Gasteiger partial charge in [-0.15, -0.1) is 0 Å². The Hall–Kier alpha value is -3.19. The molecule has 2 aromatic carbocycles. The number of carbonyl (C=O) groups excluding carboxylic acids is 2. The predicted molar refractivity (Wildman–Crippen MR) is 107 cm³/mol. The quantitative estimate of drug-likeness (QED) is 0.705. The van der Waals surface area contributed by atoms with Gasteiger partial charge in [0.2, 0.25) is 0 Å². The van der Waals surface area contributed by atoms with E-state index in [1.807, 2.05) is 35.2 Å². The molecule has 0 spiro atoms. The van der Waals surface area contributed by atoms with E-state index < -0.39 is 18.0 Å². The van der Waals surface area contributed by atoms with Gasteiger partial charge in [0.1, 0.15) is 5.82 Å². The normalized spacial score (nSPS) is 16.4. The molecular weight excluding hydrogens is 373 g/mol. The second-order valence-electron chi connectivity index (χ2n) is 6.82. The van der Waals surface area contributed by atoms with E-state index in [9.17, 15) is 14.0 Å². The lowest BCUT2D eigenvalue weighted by molar-refractivity contribution is -0.139. The van der Waals surface area contributed by atoms with Crippen LogP contribution in [0.15, 0.2) is 65.9 Å². The van der Waals surface area contributed by atoms with Gasteiger partial charge in [0.25, 0.3) is 0 Å². The number of halogens is 1. The molecule has 152 valence electrons. The fourth-order valence-electron chi connectivity index (χ4n) is 3.33. The van der Waals surface area contributed by atoms with Crippen LogP contribution in [0.2, 0.25) is 0 Å². The number of ether oxygens (including phenoxy) is 1. The third kappa shape index (κ3) is 5.00. The van der Waals surface area contributed by atoms with Gasteiger partial charge in [0.05, 0.1) is 18.2 Å². The van der Waals surface area contributed by atoms with Crippen molar-refractivity contribution in [1.82, 2.24) is 15.5 Å². The standard InChI is InChI=1S/C22H24FN3O3/c1-3-29-21(27)19-18(14-26(2)13-16-11-7-8-12-17(16)23)24-22(28)25-20(19)15-9-5-4-6-10-15/h4-12,20H,3,13-14H2,1-2H3,(H2,24,25,28)/t20-/m1/s1. The summed E-state index contributed by atoms with van der Waals surface area (Å²) in [5.41, 5.74) is 2.10. The molecule has 0 radical (unpaired) electrons. The number of nitrogens with one attached hydrogen (secondary N) is 2. The molecule has 1 heterocycles. The molecule has 2 amide bonds. The number of carbonyl (C=O) groups is 2. The van der Waals surface area contributed by atoms with Crippen LogP contribution in [-0.4, -0.2) is 37.1 Å². The maximum atomic E-state index is 14.0. The Labute approximate surface area is 169 Å². The highest BCUT2D eigenvalue weighted by Gasteiger charge is 2.33. The molecule has 0 aliphatic carbocycles. The summed E-state index contributed by atoms with van der Waals surface area (Å²) in [6, 6.07) is 14.7. The van der Waals surface area contributed by atoms with Crippen LogP contribution < -0.4 is 10.6 Å². The Bertz CT molecular complexity index is 915. The van der Waals surface area contributed by atoms with Gasteiger partial charge in [-0.1, -0.05) is 48.5 Å². The van der Waals surface area contributed by atoms with Crippen LogP contribution in [0, 0.1) is 5.82 Å². The van der Waals surface area contributed by atoms with E-state index in [2.05, 4.69) is 10.6 Å². The first-order valence-electron chi connectivity index (χ1n) is 9.44. The molecule has 2 aromatic rings. The number of amides is 2. The molecular formula is C22H24FN3O3. The van der Waals surface area contributed by atoms with Crippen molar-refractivity contribution in [3.63, 3.8) is 0 Å². The lowest BCUT2D eigenvalue weighted by Crippen LogP contribution is -2.48. The average molecular weight is 397 g/mol. The van der Waals surface area contributed by atoms with Crippen molar-refractivity contribution in [3.8, 4) is 0 Å². The minimum absolute atomic E-state index is 0.218. The van der Waals surface area contributed by atoms with Gasteiger partial charge in [-0.25, -0.2) is 14.0 Å². The summed E-state index contributed by atoms with van der Waals surface area (Å²) in [7, 11) is 1.80. The van der Waals surface area contributed by atoms with E-state index in [1.54, 1.807) is 32.2 Å². The summed E-state index contributed by atoms with van der Waals surface area (Å²) < 4.78 is 19.2. The molecule has 0 aromatic heterocycles. The molecule has 0 unspecified atom stereocenters. The summed E-state index contributed by atoms with van der Waals surface area (Å²) in [6.07, 6.45) is 0. The molecule has 0 fully saturated rings. The van der Waals surface area contributed by atoms with Crippen molar-refractivity contribution in [3.05, 3.63) is 82.8 Å². The van der Waals surface area contributed by atoms with Gasteiger partial charge in [-0.2, -0.15) is 0 Å². The summed E-state index contributed by atoms with van der Waals surface area (Å²) >= 11 is 0. The largest absolute Gasteiger partial charge is 0.463 e. The van der Waals surface area contributed by atoms with Gasteiger partial charge < -0.3 is 15.4 Å². The van der Waals surface area contributed by atoms with Gasteiger partial charge in [-0.3, -0.25) is 4.90 Å². The molecule has 7 heteroatoms. The first-order chi connectivity index (χ1) is 14.0. The van der Waals surface area contributed by atoms with Gasteiger partial charge in [0, 0.05) is 24.4 Å². The second kappa shape index (κ2) is 9.34. The van der Waals surface area contributed by atoms with E-state index in [4.69, 9.17) is 4.74 Å². The average Bonchev–Trinajstić information content (AvgIpc) is 2.70. The SMILES string of the molecule is CCOC(=O)C1=C(CN(C)Cc2ccccc2F)NC(=O)N[C@@H]1c1ccccc1. The Morgan fingerprint density at radius 2 is 1.79 bits per heavy atom. The van der Waals surface area contributed by atoms with Crippen LogP contribution in [0.25, 0.3) is 0 Å². The van der Waals surface area contributed by atoms with Gasteiger partial charge in [-0.05, 0) is 25.6 Å². The number of urea groups is 1. The maximum Gasteiger partial charge on any atom is 0.338 e. The molecule has 1 aliphatic heterocycles. The van der Waals surface area contributed by atoms with Crippen LogP contribution in [0.5, 0.6) is 0 Å². The van der Waals surface area contributed by atoms with Crippen molar-refractivity contribution >= 4 is 12.0 Å². The van der Waals surface area contributed by atoms with Crippen LogP contribution in [0.3, 0.4) is 0 Å². The number of hydrogen-bond acceptors (Lipinski definition) is 4. The van der Waals surface area contributed by atoms with E-state index in [0.717, 1.165) is 5.56 Å². The van der Waals surface area contributed by atoms with Crippen molar-refractivity contribution < 1.29 is 18.7 Å². The van der Waals surface area contributed by atoms with E-state index in [1.165, 1.54) is 6.07 Å². The number of rotatable bonds is 7. The first kappa shape index (κ1) is 20.5. The molecule has 0 saturated carbocycles. The molecule has 0 bridgehead atoms. The summed E-state index contributed by atoms with van der Waals surface area (Å²) in [6.45, 7) is 2.52. The van der Waals surface area contributed by atoms with Gasteiger partial charge in [0.15, 0.2) is 0 Å². The number of benzene rings is 2. The van der Waals surface area contributed by atoms with Crippen molar-refractivity contribution in [2.45, 2.75) is 19.5 Å². The Morgan fingerprint density at radius 3 is 2.48 bits per heavy atom. The zero-order valence-electron chi connectivity index (χ0n) is 16.4. The van der Waals surface area contributed by atoms with Gasteiger partial charge >= 0.3 is 12.0 Å². The van der Waals surface area contributed by atoms with Crippen LogP contribution >= 0.6 is 0 Å². The summed E-state index contributed by atoms with van der Waals surface area (Å²) in [5, 5.41) is 5.53. The first-order valence-corrected chi connectivity index (χ1v) is 9.44. The monoisotopic (exact) mass is 397 g/mol. The Kier molecular flexibility index (Phi) is 6.61.